The summed E-state index contributed by atoms with van der Waals surface area (Å²) in [5, 5.41) is 0. The van der Waals surface area contributed by atoms with E-state index in [4.69, 9.17) is 14.2 Å². The van der Waals surface area contributed by atoms with Gasteiger partial charge >= 0.3 is 0 Å². The lowest BCUT2D eigenvalue weighted by Crippen LogP contribution is -2.03. The monoisotopic (exact) mass is 426 g/mol. The molecule has 0 radical (unpaired) electrons. The van der Waals surface area contributed by atoms with E-state index in [1.807, 2.05) is 48.5 Å². The Bertz CT molecular complexity index is 648. The molecule has 2 rings (SSSR count). The Balaban J connectivity index is 1.92. The van der Waals surface area contributed by atoms with Crippen LogP contribution in [0.1, 0.15) is 90.9 Å². The number of rotatable bonds is 18. The van der Waals surface area contributed by atoms with E-state index in [0.717, 1.165) is 30.1 Å². The molecule has 2 aromatic rings. The summed E-state index contributed by atoms with van der Waals surface area (Å²) >= 11 is 0. The Hall–Kier alpha value is -2.16. The second-order valence-corrected chi connectivity index (χ2v) is 8.23. The SMILES string of the molecule is CCCCCCCCOc1cccc(OCCCCCCCC)c1Oc1ccccc1. The molecule has 3 heteroatoms. The minimum absolute atomic E-state index is 0.686. The van der Waals surface area contributed by atoms with Crippen LogP contribution in [-0.2, 0) is 0 Å². The van der Waals surface area contributed by atoms with Gasteiger partial charge in [-0.15, -0.1) is 0 Å². The van der Waals surface area contributed by atoms with E-state index in [9.17, 15) is 0 Å². The molecular formula is C28H42O3. The van der Waals surface area contributed by atoms with Gasteiger partial charge in [0.05, 0.1) is 13.2 Å². The predicted octanol–water partition coefficient (Wildman–Crippen LogP) is 8.96. The van der Waals surface area contributed by atoms with E-state index in [-0.39, 0.29) is 0 Å². The molecule has 0 bridgehead atoms. The van der Waals surface area contributed by atoms with Gasteiger partial charge in [0.2, 0.25) is 5.75 Å². The molecule has 0 aliphatic rings. The molecule has 0 aromatic heterocycles. The smallest absolute Gasteiger partial charge is 0.211 e. The molecule has 0 aliphatic heterocycles. The Labute approximate surface area is 190 Å². The van der Waals surface area contributed by atoms with Crippen LogP contribution < -0.4 is 14.2 Å². The molecule has 0 unspecified atom stereocenters. The maximum atomic E-state index is 6.21. The van der Waals surface area contributed by atoms with Gasteiger partial charge in [0.25, 0.3) is 0 Å². The fourth-order valence-electron chi connectivity index (χ4n) is 3.56. The highest BCUT2D eigenvalue weighted by Gasteiger charge is 2.14. The summed E-state index contributed by atoms with van der Waals surface area (Å²) in [5.74, 6) is 3.00. The lowest BCUT2D eigenvalue weighted by molar-refractivity contribution is 0.268. The molecule has 0 fully saturated rings. The number of benzene rings is 2. The van der Waals surface area contributed by atoms with Gasteiger partial charge in [-0.05, 0) is 37.1 Å². The Morgan fingerprint density at radius 2 is 1.00 bits per heavy atom. The molecule has 2 aromatic carbocycles. The molecule has 0 atom stereocenters. The fraction of sp³-hybridized carbons (Fsp3) is 0.571. The lowest BCUT2D eigenvalue weighted by Gasteiger charge is -2.17. The van der Waals surface area contributed by atoms with Gasteiger partial charge in [0.1, 0.15) is 5.75 Å². The first-order valence-corrected chi connectivity index (χ1v) is 12.5. The van der Waals surface area contributed by atoms with Crippen molar-refractivity contribution >= 4 is 0 Å². The summed E-state index contributed by atoms with van der Waals surface area (Å²) in [4.78, 5) is 0. The molecule has 0 saturated carbocycles. The number of hydrogen-bond donors (Lipinski definition) is 0. The first-order chi connectivity index (χ1) is 15.3. The summed E-state index contributed by atoms with van der Waals surface area (Å²) in [5.41, 5.74) is 0. The van der Waals surface area contributed by atoms with Gasteiger partial charge in [-0.2, -0.15) is 0 Å². The summed E-state index contributed by atoms with van der Waals surface area (Å²) in [6.45, 7) is 5.91. The molecule has 172 valence electrons. The molecule has 0 amide bonds. The first-order valence-electron chi connectivity index (χ1n) is 12.5. The van der Waals surface area contributed by atoms with Gasteiger partial charge in [-0.25, -0.2) is 0 Å². The third-order valence-electron chi connectivity index (χ3n) is 5.42. The van der Waals surface area contributed by atoms with Crippen LogP contribution in [0, 0.1) is 0 Å². The predicted molar refractivity (Wildman–Crippen MR) is 131 cm³/mol. The number of hydrogen-bond acceptors (Lipinski definition) is 3. The minimum Gasteiger partial charge on any atom is -0.490 e. The van der Waals surface area contributed by atoms with Gasteiger partial charge in [0, 0.05) is 0 Å². The molecule has 0 heterocycles. The Morgan fingerprint density at radius 1 is 0.516 bits per heavy atom. The summed E-state index contributed by atoms with van der Waals surface area (Å²) in [7, 11) is 0. The molecule has 0 N–H and O–H groups in total. The summed E-state index contributed by atoms with van der Waals surface area (Å²) in [6.07, 6.45) is 15.0. The van der Waals surface area contributed by atoms with Gasteiger partial charge in [-0.3, -0.25) is 0 Å². The standard InChI is InChI=1S/C28H42O3/c1-3-5-7-9-11-16-23-29-26-21-18-22-27(30-24-17-12-10-8-6-4-2)28(26)31-25-19-14-13-15-20-25/h13-15,18-22H,3-12,16-17,23-24H2,1-2H3. The zero-order valence-electron chi connectivity index (χ0n) is 19.7. The van der Waals surface area contributed by atoms with E-state index >= 15 is 0 Å². The average Bonchev–Trinajstić information content (AvgIpc) is 2.80. The third-order valence-corrected chi connectivity index (χ3v) is 5.42. The Morgan fingerprint density at radius 3 is 1.52 bits per heavy atom. The number of para-hydroxylation sites is 2. The van der Waals surface area contributed by atoms with Crippen molar-refractivity contribution in [2.75, 3.05) is 13.2 Å². The van der Waals surface area contributed by atoms with Crippen LogP contribution in [-0.4, -0.2) is 13.2 Å². The number of ether oxygens (including phenoxy) is 3. The lowest BCUT2D eigenvalue weighted by atomic mass is 10.1. The van der Waals surface area contributed by atoms with E-state index in [0.29, 0.717) is 19.0 Å². The van der Waals surface area contributed by atoms with Crippen molar-refractivity contribution in [3.05, 3.63) is 48.5 Å². The van der Waals surface area contributed by atoms with Crippen molar-refractivity contribution < 1.29 is 14.2 Å². The molecule has 0 saturated heterocycles. The molecule has 31 heavy (non-hydrogen) atoms. The number of unbranched alkanes of at least 4 members (excludes halogenated alkanes) is 10. The molecule has 3 nitrogen and oxygen atoms in total. The minimum atomic E-state index is 0.686. The van der Waals surface area contributed by atoms with E-state index < -0.39 is 0 Å². The first kappa shape index (κ1) is 25.1. The van der Waals surface area contributed by atoms with E-state index in [1.54, 1.807) is 0 Å². The normalized spacial score (nSPS) is 10.8. The maximum Gasteiger partial charge on any atom is 0.211 e. The van der Waals surface area contributed by atoms with Crippen LogP contribution in [0.4, 0.5) is 0 Å². The molecule has 0 spiro atoms. The third kappa shape index (κ3) is 10.6. The van der Waals surface area contributed by atoms with E-state index in [1.165, 1.54) is 64.2 Å². The van der Waals surface area contributed by atoms with Crippen molar-refractivity contribution in [2.45, 2.75) is 90.9 Å². The van der Waals surface area contributed by atoms with Crippen molar-refractivity contribution in [1.82, 2.24) is 0 Å². The maximum absolute atomic E-state index is 6.21. The van der Waals surface area contributed by atoms with Crippen molar-refractivity contribution in [1.29, 1.82) is 0 Å². The molecular weight excluding hydrogens is 384 g/mol. The summed E-state index contributed by atoms with van der Waals surface area (Å²) < 4.78 is 18.5. The van der Waals surface area contributed by atoms with Crippen LogP contribution in [0.3, 0.4) is 0 Å². The zero-order chi connectivity index (χ0) is 22.0. The topological polar surface area (TPSA) is 27.7 Å². The van der Waals surface area contributed by atoms with Crippen LogP contribution >= 0.6 is 0 Å². The van der Waals surface area contributed by atoms with Crippen LogP contribution in [0.25, 0.3) is 0 Å². The highest BCUT2D eigenvalue weighted by atomic mass is 16.5. The van der Waals surface area contributed by atoms with Crippen LogP contribution in [0.2, 0.25) is 0 Å². The van der Waals surface area contributed by atoms with Gasteiger partial charge < -0.3 is 14.2 Å². The van der Waals surface area contributed by atoms with Crippen LogP contribution in [0.5, 0.6) is 23.0 Å². The van der Waals surface area contributed by atoms with Gasteiger partial charge in [-0.1, -0.05) is 102 Å². The molecule has 0 aliphatic carbocycles. The van der Waals surface area contributed by atoms with Gasteiger partial charge in [0.15, 0.2) is 11.5 Å². The average molecular weight is 427 g/mol. The largest absolute Gasteiger partial charge is 0.490 e. The fourth-order valence-corrected chi connectivity index (χ4v) is 3.56. The van der Waals surface area contributed by atoms with Crippen molar-refractivity contribution in [2.24, 2.45) is 0 Å². The zero-order valence-corrected chi connectivity index (χ0v) is 19.7. The second kappa shape index (κ2) is 16.5. The van der Waals surface area contributed by atoms with Crippen molar-refractivity contribution in [3.8, 4) is 23.0 Å². The summed E-state index contributed by atoms with van der Waals surface area (Å²) in [6, 6.07) is 15.8. The second-order valence-electron chi connectivity index (χ2n) is 8.23. The Kier molecular flexibility index (Phi) is 13.4. The highest BCUT2D eigenvalue weighted by Crippen LogP contribution is 2.40. The highest BCUT2D eigenvalue weighted by molar-refractivity contribution is 5.53. The van der Waals surface area contributed by atoms with Crippen molar-refractivity contribution in [3.63, 3.8) is 0 Å². The van der Waals surface area contributed by atoms with Crippen LogP contribution in [0.15, 0.2) is 48.5 Å². The quantitative estimate of drug-likeness (QED) is 0.223. The van der Waals surface area contributed by atoms with E-state index in [2.05, 4.69) is 13.8 Å².